The maximum atomic E-state index is 9.66. The summed E-state index contributed by atoms with van der Waals surface area (Å²) < 4.78 is 0. The van der Waals surface area contributed by atoms with Gasteiger partial charge in [0.05, 0.1) is 6.61 Å². The molecular formula is C13H27NOS. The topological polar surface area (TPSA) is 32.3 Å². The van der Waals surface area contributed by atoms with E-state index in [-0.39, 0.29) is 12.1 Å². The first-order valence-electron chi connectivity index (χ1n) is 6.62. The molecular weight excluding hydrogens is 218 g/mol. The van der Waals surface area contributed by atoms with Gasteiger partial charge in [-0.1, -0.05) is 27.2 Å². The van der Waals surface area contributed by atoms with Crippen molar-refractivity contribution in [1.82, 2.24) is 5.32 Å². The van der Waals surface area contributed by atoms with Crippen LogP contribution in [0.5, 0.6) is 0 Å². The Hall–Kier alpha value is 0.270. The Morgan fingerprint density at radius 1 is 1.50 bits per heavy atom. The molecule has 0 aromatic carbocycles. The zero-order chi connectivity index (χ0) is 12.0. The van der Waals surface area contributed by atoms with Gasteiger partial charge < -0.3 is 10.4 Å². The fourth-order valence-electron chi connectivity index (χ4n) is 2.67. The quantitative estimate of drug-likeness (QED) is 0.755. The SMILES string of the molecule is CCCSC1CCCC(CO)(NC(C)C)C1. The molecule has 0 aromatic heterocycles. The summed E-state index contributed by atoms with van der Waals surface area (Å²) in [7, 11) is 0. The Balaban J connectivity index is 2.50. The minimum atomic E-state index is -0.00216. The third-order valence-corrected chi connectivity index (χ3v) is 4.77. The number of rotatable bonds is 6. The van der Waals surface area contributed by atoms with E-state index in [2.05, 4.69) is 37.8 Å². The van der Waals surface area contributed by atoms with E-state index in [4.69, 9.17) is 0 Å². The predicted molar refractivity (Wildman–Crippen MR) is 73.1 cm³/mol. The highest BCUT2D eigenvalue weighted by molar-refractivity contribution is 7.99. The largest absolute Gasteiger partial charge is 0.394 e. The Labute approximate surface area is 105 Å². The highest BCUT2D eigenvalue weighted by Crippen LogP contribution is 2.35. The lowest BCUT2D eigenvalue weighted by Crippen LogP contribution is -2.54. The van der Waals surface area contributed by atoms with Gasteiger partial charge in [0.1, 0.15) is 0 Å². The lowest BCUT2D eigenvalue weighted by molar-refractivity contribution is 0.115. The van der Waals surface area contributed by atoms with Gasteiger partial charge in [0.25, 0.3) is 0 Å². The molecule has 0 spiro atoms. The molecule has 0 bridgehead atoms. The van der Waals surface area contributed by atoms with E-state index in [0.29, 0.717) is 6.04 Å². The fourth-order valence-corrected chi connectivity index (χ4v) is 4.01. The second-order valence-corrected chi connectivity index (χ2v) is 6.73. The van der Waals surface area contributed by atoms with Crippen molar-refractivity contribution in [2.75, 3.05) is 12.4 Å². The van der Waals surface area contributed by atoms with Gasteiger partial charge in [0.15, 0.2) is 0 Å². The van der Waals surface area contributed by atoms with Crippen LogP contribution in [-0.2, 0) is 0 Å². The third-order valence-electron chi connectivity index (χ3n) is 3.26. The molecule has 1 saturated carbocycles. The molecule has 16 heavy (non-hydrogen) atoms. The van der Waals surface area contributed by atoms with Crippen LogP contribution in [0, 0.1) is 0 Å². The van der Waals surface area contributed by atoms with E-state index >= 15 is 0 Å². The molecule has 0 amide bonds. The molecule has 0 saturated heterocycles. The number of aliphatic hydroxyl groups excluding tert-OH is 1. The van der Waals surface area contributed by atoms with Crippen molar-refractivity contribution in [2.24, 2.45) is 0 Å². The van der Waals surface area contributed by atoms with Crippen LogP contribution in [0.1, 0.15) is 52.9 Å². The number of thioether (sulfide) groups is 1. The Morgan fingerprint density at radius 3 is 2.81 bits per heavy atom. The molecule has 0 aromatic rings. The summed E-state index contributed by atoms with van der Waals surface area (Å²) in [6, 6.07) is 0.460. The summed E-state index contributed by atoms with van der Waals surface area (Å²) in [6.45, 7) is 6.86. The van der Waals surface area contributed by atoms with Gasteiger partial charge in [0.2, 0.25) is 0 Å². The Bertz CT molecular complexity index is 198. The molecule has 2 nitrogen and oxygen atoms in total. The molecule has 0 radical (unpaired) electrons. The molecule has 1 aliphatic carbocycles. The summed E-state index contributed by atoms with van der Waals surface area (Å²) in [5.74, 6) is 1.26. The van der Waals surface area contributed by atoms with Crippen LogP contribution in [0.25, 0.3) is 0 Å². The maximum absolute atomic E-state index is 9.66. The molecule has 1 aliphatic rings. The van der Waals surface area contributed by atoms with Crippen LogP contribution in [0.4, 0.5) is 0 Å². The summed E-state index contributed by atoms with van der Waals surface area (Å²) in [5, 5.41) is 14.0. The summed E-state index contributed by atoms with van der Waals surface area (Å²) >= 11 is 2.09. The normalized spacial score (nSPS) is 30.9. The van der Waals surface area contributed by atoms with Gasteiger partial charge in [-0.25, -0.2) is 0 Å². The molecule has 3 heteroatoms. The van der Waals surface area contributed by atoms with Crippen LogP contribution in [0.15, 0.2) is 0 Å². The monoisotopic (exact) mass is 245 g/mol. The highest BCUT2D eigenvalue weighted by Gasteiger charge is 2.36. The van der Waals surface area contributed by atoms with E-state index in [9.17, 15) is 5.11 Å². The lowest BCUT2D eigenvalue weighted by atomic mass is 9.81. The number of hydrogen-bond donors (Lipinski definition) is 2. The highest BCUT2D eigenvalue weighted by atomic mass is 32.2. The molecule has 1 fully saturated rings. The van der Waals surface area contributed by atoms with Crippen molar-refractivity contribution >= 4 is 11.8 Å². The van der Waals surface area contributed by atoms with Crippen molar-refractivity contribution in [3.8, 4) is 0 Å². The number of aliphatic hydroxyl groups is 1. The van der Waals surface area contributed by atoms with Gasteiger partial charge >= 0.3 is 0 Å². The van der Waals surface area contributed by atoms with Crippen LogP contribution in [0.2, 0.25) is 0 Å². The Morgan fingerprint density at radius 2 is 2.25 bits per heavy atom. The van der Waals surface area contributed by atoms with Crippen molar-refractivity contribution in [1.29, 1.82) is 0 Å². The van der Waals surface area contributed by atoms with Crippen molar-refractivity contribution < 1.29 is 5.11 Å². The molecule has 0 heterocycles. The molecule has 2 unspecified atom stereocenters. The molecule has 2 N–H and O–H groups in total. The smallest absolute Gasteiger partial charge is 0.0613 e. The summed E-state index contributed by atoms with van der Waals surface area (Å²) in [6.07, 6.45) is 6.09. The first kappa shape index (κ1) is 14.3. The molecule has 0 aliphatic heterocycles. The van der Waals surface area contributed by atoms with Crippen LogP contribution < -0.4 is 5.32 Å². The first-order valence-corrected chi connectivity index (χ1v) is 7.67. The average molecular weight is 245 g/mol. The van der Waals surface area contributed by atoms with Gasteiger partial charge in [-0.05, 0) is 31.4 Å². The first-order chi connectivity index (χ1) is 7.62. The zero-order valence-electron chi connectivity index (χ0n) is 11.0. The second-order valence-electron chi connectivity index (χ2n) is 5.33. The summed E-state index contributed by atoms with van der Waals surface area (Å²) in [4.78, 5) is 0. The lowest BCUT2D eigenvalue weighted by Gasteiger charge is -2.41. The van der Waals surface area contributed by atoms with Crippen LogP contribution in [-0.4, -0.2) is 34.3 Å². The van der Waals surface area contributed by atoms with E-state index in [0.717, 1.165) is 18.1 Å². The van der Waals surface area contributed by atoms with Gasteiger partial charge in [-0.3, -0.25) is 0 Å². The number of hydrogen-bond acceptors (Lipinski definition) is 3. The third kappa shape index (κ3) is 4.27. The van der Waals surface area contributed by atoms with Crippen LogP contribution >= 0.6 is 11.8 Å². The Kier molecular flexibility index (Phi) is 6.16. The van der Waals surface area contributed by atoms with Gasteiger partial charge in [-0.2, -0.15) is 11.8 Å². The number of nitrogens with one attached hydrogen (secondary N) is 1. The molecule has 96 valence electrons. The van der Waals surface area contributed by atoms with Gasteiger partial charge in [-0.15, -0.1) is 0 Å². The van der Waals surface area contributed by atoms with Crippen molar-refractivity contribution in [3.05, 3.63) is 0 Å². The summed E-state index contributed by atoms with van der Waals surface area (Å²) in [5.41, 5.74) is -0.00216. The van der Waals surface area contributed by atoms with Gasteiger partial charge in [0, 0.05) is 16.8 Å². The molecule has 1 rings (SSSR count). The minimum Gasteiger partial charge on any atom is -0.394 e. The second kappa shape index (κ2) is 6.87. The fraction of sp³-hybridized carbons (Fsp3) is 1.00. The van der Waals surface area contributed by atoms with Crippen molar-refractivity contribution in [3.63, 3.8) is 0 Å². The van der Waals surface area contributed by atoms with E-state index in [1.54, 1.807) is 0 Å². The standard InChI is InChI=1S/C13H27NOS/c1-4-8-16-12-6-5-7-13(9-12,10-15)14-11(2)3/h11-12,14-15H,4-10H2,1-3H3. The van der Waals surface area contributed by atoms with E-state index in [1.165, 1.54) is 25.0 Å². The van der Waals surface area contributed by atoms with Crippen molar-refractivity contribution in [2.45, 2.75) is 69.7 Å². The zero-order valence-corrected chi connectivity index (χ0v) is 11.8. The molecule has 2 atom stereocenters. The minimum absolute atomic E-state index is 0.00216. The predicted octanol–water partition coefficient (Wildman–Crippen LogP) is 2.80. The van der Waals surface area contributed by atoms with E-state index in [1.807, 2.05) is 0 Å². The maximum Gasteiger partial charge on any atom is 0.0613 e. The van der Waals surface area contributed by atoms with Crippen LogP contribution in [0.3, 0.4) is 0 Å². The average Bonchev–Trinajstić information content (AvgIpc) is 2.26. The van der Waals surface area contributed by atoms with E-state index < -0.39 is 0 Å².